The number of amides is 2. The molecule has 2 aromatic carbocycles. The molecule has 0 saturated heterocycles. The van der Waals surface area contributed by atoms with Crippen molar-refractivity contribution >= 4 is 29.1 Å². The van der Waals surface area contributed by atoms with Crippen molar-refractivity contribution in [1.82, 2.24) is 0 Å². The zero-order valence-electron chi connectivity index (χ0n) is 13.7. The monoisotopic (exact) mass is 346 g/mol. The number of anilines is 1. The van der Waals surface area contributed by atoms with Gasteiger partial charge in [-0.1, -0.05) is 23.7 Å². The maximum absolute atomic E-state index is 12.3. The van der Waals surface area contributed by atoms with Gasteiger partial charge in [0, 0.05) is 5.02 Å². The van der Waals surface area contributed by atoms with Gasteiger partial charge >= 0.3 is 0 Å². The number of aryl methyl sites for hydroxylation is 2. The maximum Gasteiger partial charge on any atom is 0.265 e. The van der Waals surface area contributed by atoms with Crippen LogP contribution in [0.3, 0.4) is 0 Å². The molecular weight excluding hydrogens is 328 g/mol. The third kappa shape index (κ3) is 4.06. The summed E-state index contributed by atoms with van der Waals surface area (Å²) in [5, 5.41) is 3.34. The van der Waals surface area contributed by atoms with Crippen molar-refractivity contribution in [1.29, 1.82) is 0 Å². The lowest BCUT2D eigenvalue weighted by molar-refractivity contribution is -0.122. The number of para-hydroxylation sites is 1. The second-order valence-corrected chi connectivity index (χ2v) is 5.91. The highest BCUT2D eigenvalue weighted by molar-refractivity contribution is 6.32. The van der Waals surface area contributed by atoms with Crippen LogP contribution in [0.4, 0.5) is 5.69 Å². The van der Waals surface area contributed by atoms with Crippen molar-refractivity contribution in [2.24, 2.45) is 5.73 Å². The molecule has 0 saturated carbocycles. The van der Waals surface area contributed by atoms with E-state index in [0.717, 1.165) is 11.1 Å². The minimum absolute atomic E-state index is 0.247. The molecular formula is C18H19ClN2O3. The molecule has 0 radical (unpaired) electrons. The number of hydrogen-bond donors (Lipinski definition) is 2. The molecule has 0 fully saturated rings. The second-order valence-electron chi connectivity index (χ2n) is 5.53. The Bertz CT molecular complexity index is 767. The summed E-state index contributed by atoms with van der Waals surface area (Å²) < 4.78 is 5.68. The molecule has 3 N–H and O–H groups in total. The van der Waals surface area contributed by atoms with E-state index >= 15 is 0 Å². The number of carbonyl (C=O) groups excluding carboxylic acids is 2. The fraction of sp³-hybridized carbons (Fsp3) is 0.222. The summed E-state index contributed by atoms with van der Waals surface area (Å²) in [6.45, 7) is 5.37. The maximum atomic E-state index is 12.3. The van der Waals surface area contributed by atoms with Gasteiger partial charge in [-0.15, -0.1) is 0 Å². The van der Waals surface area contributed by atoms with Crippen LogP contribution in [0.5, 0.6) is 5.75 Å². The van der Waals surface area contributed by atoms with Crippen molar-refractivity contribution in [3.63, 3.8) is 0 Å². The van der Waals surface area contributed by atoms with Crippen molar-refractivity contribution in [3.8, 4) is 5.75 Å². The number of primary amides is 1. The summed E-state index contributed by atoms with van der Waals surface area (Å²) >= 11 is 6.12. The normalized spacial score (nSPS) is 11.7. The second kappa shape index (κ2) is 7.36. The van der Waals surface area contributed by atoms with Crippen molar-refractivity contribution in [3.05, 3.63) is 58.1 Å². The first-order valence-corrected chi connectivity index (χ1v) is 7.80. The molecule has 0 aliphatic rings. The van der Waals surface area contributed by atoms with Crippen molar-refractivity contribution < 1.29 is 14.3 Å². The van der Waals surface area contributed by atoms with Crippen molar-refractivity contribution in [2.45, 2.75) is 26.9 Å². The Kier molecular flexibility index (Phi) is 5.46. The summed E-state index contributed by atoms with van der Waals surface area (Å²) in [5.41, 5.74) is 7.65. The molecule has 0 aromatic heterocycles. The molecule has 1 atom stereocenters. The number of nitrogens with two attached hydrogens (primary N) is 1. The van der Waals surface area contributed by atoms with Gasteiger partial charge in [-0.05, 0) is 56.2 Å². The van der Waals surface area contributed by atoms with Crippen LogP contribution in [-0.2, 0) is 4.79 Å². The molecule has 6 heteroatoms. The molecule has 5 nitrogen and oxygen atoms in total. The highest BCUT2D eigenvalue weighted by Crippen LogP contribution is 2.26. The molecule has 0 aliphatic carbocycles. The van der Waals surface area contributed by atoms with Crippen molar-refractivity contribution in [2.75, 3.05) is 5.32 Å². The van der Waals surface area contributed by atoms with E-state index in [1.807, 2.05) is 13.8 Å². The lowest BCUT2D eigenvalue weighted by atomic mass is 10.1. The summed E-state index contributed by atoms with van der Waals surface area (Å²) in [4.78, 5) is 23.7. The van der Waals surface area contributed by atoms with Gasteiger partial charge in [0.1, 0.15) is 5.75 Å². The molecule has 0 aliphatic heterocycles. The molecule has 126 valence electrons. The van der Waals surface area contributed by atoms with Crippen LogP contribution in [0.1, 0.15) is 28.4 Å². The Balaban J connectivity index is 2.12. The number of carbonyl (C=O) groups is 2. The highest BCUT2D eigenvalue weighted by atomic mass is 35.5. The zero-order chi connectivity index (χ0) is 17.9. The zero-order valence-corrected chi connectivity index (χ0v) is 14.5. The number of hydrogen-bond acceptors (Lipinski definition) is 3. The molecule has 0 bridgehead atoms. The van der Waals surface area contributed by atoms with Crippen LogP contribution in [0.2, 0.25) is 5.02 Å². The van der Waals surface area contributed by atoms with Gasteiger partial charge in [0.25, 0.3) is 11.8 Å². The van der Waals surface area contributed by atoms with E-state index in [4.69, 9.17) is 22.1 Å². The quantitative estimate of drug-likeness (QED) is 0.869. The van der Waals surface area contributed by atoms with Gasteiger partial charge in [0.05, 0.1) is 11.3 Å². The van der Waals surface area contributed by atoms with E-state index in [2.05, 4.69) is 5.32 Å². The first-order chi connectivity index (χ1) is 11.3. The Morgan fingerprint density at radius 1 is 1.17 bits per heavy atom. The van der Waals surface area contributed by atoms with E-state index in [1.54, 1.807) is 43.3 Å². The Labute approximate surface area is 145 Å². The fourth-order valence-corrected chi connectivity index (χ4v) is 2.38. The first kappa shape index (κ1) is 17.8. The number of nitrogens with one attached hydrogen (secondary N) is 1. The largest absolute Gasteiger partial charge is 0.481 e. The lowest BCUT2D eigenvalue weighted by Crippen LogP contribution is -2.31. The third-order valence-electron chi connectivity index (χ3n) is 3.54. The van der Waals surface area contributed by atoms with E-state index in [-0.39, 0.29) is 11.5 Å². The number of benzene rings is 2. The summed E-state index contributed by atoms with van der Waals surface area (Å²) in [7, 11) is 0. The first-order valence-electron chi connectivity index (χ1n) is 7.42. The van der Waals surface area contributed by atoms with E-state index in [1.165, 1.54) is 0 Å². The molecule has 2 aromatic rings. The Hall–Kier alpha value is -2.53. The average Bonchev–Trinajstić information content (AvgIpc) is 2.52. The van der Waals surface area contributed by atoms with Gasteiger partial charge < -0.3 is 15.8 Å². The summed E-state index contributed by atoms with van der Waals surface area (Å²) in [5.74, 6) is -0.433. The smallest absolute Gasteiger partial charge is 0.265 e. The lowest BCUT2D eigenvalue weighted by Gasteiger charge is -2.17. The van der Waals surface area contributed by atoms with E-state index in [0.29, 0.717) is 16.5 Å². The molecule has 2 rings (SSSR count). The molecule has 0 unspecified atom stereocenters. The predicted octanol–water partition coefficient (Wildman–Crippen LogP) is 3.46. The third-order valence-corrected chi connectivity index (χ3v) is 4.14. The van der Waals surface area contributed by atoms with Crippen LogP contribution in [-0.4, -0.2) is 17.9 Å². The Morgan fingerprint density at radius 2 is 1.75 bits per heavy atom. The molecule has 0 spiro atoms. The topological polar surface area (TPSA) is 81.4 Å². The van der Waals surface area contributed by atoms with Gasteiger partial charge in [-0.3, -0.25) is 9.59 Å². The van der Waals surface area contributed by atoms with Gasteiger partial charge in [0.15, 0.2) is 6.10 Å². The minimum Gasteiger partial charge on any atom is -0.481 e. The average molecular weight is 347 g/mol. The van der Waals surface area contributed by atoms with Gasteiger partial charge in [0.2, 0.25) is 0 Å². The van der Waals surface area contributed by atoms with Crippen LogP contribution in [0.15, 0.2) is 36.4 Å². The molecule has 0 heterocycles. The van der Waals surface area contributed by atoms with E-state index < -0.39 is 12.0 Å². The van der Waals surface area contributed by atoms with Crippen LogP contribution in [0.25, 0.3) is 0 Å². The standard InChI is InChI=1S/C18H19ClN2O3/c1-10-8-13(9-11(2)16(10)19)24-12(3)18(23)21-15-7-5-4-6-14(15)17(20)22/h4-9,12H,1-3H3,(H2,20,22)(H,21,23)/t12-/m0/s1. The van der Waals surface area contributed by atoms with E-state index in [9.17, 15) is 9.59 Å². The van der Waals surface area contributed by atoms with Crippen LogP contribution >= 0.6 is 11.6 Å². The predicted molar refractivity (Wildman–Crippen MR) is 94.6 cm³/mol. The summed E-state index contributed by atoms with van der Waals surface area (Å²) in [6.07, 6.45) is -0.758. The molecule has 2 amide bonds. The fourth-order valence-electron chi connectivity index (χ4n) is 2.27. The summed E-state index contributed by atoms with van der Waals surface area (Å²) in [6, 6.07) is 10.1. The SMILES string of the molecule is Cc1cc(O[C@@H](C)C(=O)Nc2ccccc2C(N)=O)cc(C)c1Cl. The van der Waals surface area contributed by atoms with Crippen LogP contribution < -0.4 is 15.8 Å². The number of rotatable bonds is 5. The Morgan fingerprint density at radius 3 is 2.33 bits per heavy atom. The number of ether oxygens (including phenoxy) is 1. The van der Waals surface area contributed by atoms with Gasteiger partial charge in [-0.25, -0.2) is 0 Å². The highest BCUT2D eigenvalue weighted by Gasteiger charge is 2.18. The minimum atomic E-state index is -0.758. The van der Waals surface area contributed by atoms with Gasteiger partial charge in [-0.2, -0.15) is 0 Å². The molecule has 24 heavy (non-hydrogen) atoms. The number of halogens is 1. The van der Waals surface area contributed by atoms with Crippen LogP contribution in [0, 0.1) is 13.8 Å².